The molecule has 1 aliphatic heterocycles. The van der Waals surface area contributed by atoms with E-state index in [1.54, 1.807) is 0 Å². The third-order valence-corrected chi connectivity index (χ3v) is 5.80. The first-order chi connectivity index (χ1) is 15.2. The van der Waals surface area contributed by atoms with Crippen LogP contribution in [0.2, 0.25) is 0 Å². The van der Waals surface area contributed by atoms with E-state index in [0.717, 1.165) is 38.4 Å². The lowest BCUT2D eigenvalue weighted by molar-refractivity contribution is -0.917. The molecule has 160 valence electrons. The van der Waals surface area contributed by atoms with E-state index in [2.05, 4.69) is 53.1 Å². The van der Waals surface area contributed by atoms with Gasteiger partial charge < -0.3 is 20.4 Å². The standard InChI is InChI=1S/C25H28N4O2/c30-24(13-14-26-25(31)27-22-10-2-1-3-11-22)29-17-15-28(16-18-29)19-21-9-6-8-20-7-4-5-12-23(20)21/h1-12H,13-19H2,(H2,26,27,31)/p+1. The van der Waals surface area contributed by atoms with Crippen molar-refractivity contribution in [3.05, 3.63) is 78.4 Å². The number of fused-ring (bicyclic) bond motifs is 1. The van der Waals surface area contributed by atoms with E-state index < -0.39 is 0 Å². The first-order valence-corrected chi connectivity index (χ1v) is 10.9. The van der Waals surface area contributed by atoms with Gasteiger partial charge in [-0.2, -0.15) is 0 Å². The highest BCUT2D eigenvalue weighted by Crippen LogP contribution is 2.17. The third kappa shape index (κ3) is 5.61. The van der Waals surface area contributed by atoms with Crippen LogP contribution >= 0.6 is 0 Å². The summed E-state index contributed by atoms with van der Waals surface area (Å²) in [5, 5.41) is 8.11. The minimum absolute atomic E-state index is 0.101. The lowest BCUT2D eigenvalue weighted by Crippen LogP contribution is -3.13. The topological polar surface area (TPSA) is 65.9 Å². The van der Waals surface area contributed by atoms with Crippen LogP contribution in [-0.4, -0.2) is 49.6 Å². The summed E-state index contributed by atoms with van der Waals surface area (Å²) in [6.45, 7) is 4.71. The van der Waals surface area contributed by atoms with Crippen molar-refractivity contribution in [2.75, 3.05) is 38.0 Å². The molecule has 0 unspecified atom stereocenters. The minimum Gasteiger partial charge on any atom is -0.337 e. The van der Waals surface area contributed by atoms with Crippen LogP contribution in [0.4, 0.5) is 10.5 Å². The molecule has 3 N–H and O–H groups in total. The number of para-hydroxylation sites is 1. The molecule has 0 aromatic heterocycles. The molecule has 3 aromatic carbocycles. The predicted octanol–water partition coefficient (Wildman–Crippen LogP) is 2.28. The fraction of sp³-hybridized carbons (Fsp3) is 0.280. The zero-order valence-electron chi connectivity index (χ0n) is 17.6. The van der Waals surface area contributed by atoms with Crippen molar-refractivity contribution < 1.29 is 14.5 Å². The Bertz CT molecular complexity index is 1020. The second kappa shape index (κ2) is 10.1. The van der Waals surface area contributed by atoms with E-state index in [1.165, 1.54) is 21.2 Å². The number of nitrogens with one attached hydrogen (secondary N) is 3. The molecule has 3 aromatic rings. The second-order valence-electron chi connectivity index (χ2n) is 7.94. The van der Waals surface area contributed by atoms with Gasteiger partial charge in [-0.1, -0.05) is 60.7 Å². The van der Waals surface area contributed by atoms with Crippen LogP contribution in [0, 0.1) is 0 Å². The van der Waals surface area contributed by atoms with Crippen molar-refractivity contribution in [3.63, 3.8) is 0 Å². The van der Waals surface area contributed by atoms with Crippen LogP contribution in [0.25, 0.3) is 10.8 Å². The number of quaternary nitrogens is 1. The van der Waals surface area contributed by atoms with Crippen LogP contribution in [0.3, 0.4) is 0 Å². The molecule has 0 spiro atoms. The Morgan fingerprint density at radius 3 is 2.39 bits per heavy atom. The zero-order chi connectivity index (χ0) is 21.5. The van der Waals surface area contributed by atoms with Gasteiger partial charge >= 0.3 is 6.03 Å². The van der Waals surface area contributed by atoms with E-state index in [9.17, 15) is 9.59 Å². The van der Waals surface area contributed by atoms with Gasteiger partial charge in [-0.3, -0.25) is 4.79 Å². The van der Waals surface area contributed by atoms with E-state index in [1.807, 2.05) is 35.2 Å². The monoisotopic (exact) mass is 417 g/mol. The molecule has 6 heteroatoms. The lowest BCUT2D eigenvalue weighted by Gasteiger charge is -2.32. The minimum atomic E-state index is -0.289. The second-order valence-corrected chi connectivity index (χ2v) is 7.94. The van der Waals surface area contributed by atoms with Crippen LogP contribution < -0.4 is 15.5 Å². The molecule has 1 aliphatic rings. The summed E-state index contributed by atoms with van der Waals surface area (Å²) in [6.07, 6.45) is 0.320. The summed E-state index contributed by atoms with van der Waals surface area (Å²) in [5.41, 5.74) is 2.10. The van der Waals surface area contributed by atoms with Gasteiger partial charge in [0.2, 0.25) is 5.91 Å². The van der Waals surface area contributed by atoms with Gasteiger partial charge in [-0.15, -0.1) is 0 Å². The van der Waals surface area contributed by atoms with Crippen molar-refractivity contribution >= 4 is 28.4 Å². The Labute approximate surface area is 182 Å². The molecule has 1 fully saturated rings. The van der Waals surface area contributed by atoms with Crippen LogP contribution in [0.15, 0.2) is 72.8 Å². The van der Waals surface area contributed by atoms with Crippen LogP contribution in [0.1, 0.15) is 12.0 Å². The Morgan fingerprint density at radius 1 is 0.871 bits per heavy atom. The number of piperazine rings is 1. The first-order valence-electron chi connectivity index (χ1n) is 10.9. The molecule has 6 nitrogen and oxygen atoms in total. The Kier molecular flexibility index (Phi) is 6.79. The average Bonchev–Trinajstić information content (AvgIpc) is 2.80. The molecule has 0 saturated carbocycles. The Morgan fingerprint density at radius 2 is 1.58 bits per heavy atom. The summed E-state index contributed by atoms with van der Waals surface area (Å²) < 4.78 is 0. The number of rotatable bonds is 6. The number of urea groups is 1. The van der Waals surface area contributed by atoms with Gasteiger partial charge in [0.25, 0.3) is 0 Å². The molecule has 3 amide bonds. The number of hydrogen-bond donors (Lipinski definition) is 3. The molecule has 1 saturated heterocycles. The summed E-state index contributed by atoms with van der Waals surface area (Å²) in [6, 6.07) is 24.0. The fourth-order valence-electron chi connectivity index (χ4n) is 4.10. The Hall–Kier alpha value is -3.38. The van der Waals surface area contributed by atoms with Crippen molar-refractivity contribution in [2.45, 2.75) is 13.0 Å². The summed E-state index contributed by atoms with van der Waals surface area (Å²) in [7, 11) is 0. The summed E-state index contributed by atoms with van der Waals surface area (Å²) >= 11 is 0. The predicted molar refractivity (Wildman–Crippen MR) is 123 cm³/mol. The maximum absolute atomic E-state index is 12.5. The van der Waals surface area contributed by atoms with Crippen molar-refractivity contribution in [1.29, 1.82) is 0 Å². The molecule has 1 heterocycles. The first kappa shape index (κ1) is 20.9. The summed E-state index contributed by atoms with van der Waals surface area (Å²) in [5.74, 6) is 0.101. The molecule has 0 atom stereocenters. The number of carbonyl (C=O) groups excluding carboxylic acids is 2. The smallest absolute Gasteiger partial charge is 0.319 e. The van der Waals surface area contributed by atoms with E-state index in [0.29, 0.717) is 13.0 Å². The molecular weight excluding hydrogens is 388 g/mol. The highest BCUT2D eigenvalue weighted by Gasteiger charge is 2.24. The molecular formula is C25H29N4O2+. The third-order valence-electron chi connectivity index (χ3n) is 5.80. The highest BCUT2D eigenvalue weighted by atomic mass is 16.2. The summed E-state index contributed by atoms with van der Waals surface area (Å²) in [4.78, 5) is 27.9. The number of anilines is 1. The van der Waals surface area contributed by atoms with E-state index in [4.69, 9.17) is 0 Å². The zero-order valence-corrected chi connectivity index (χ0v) is 17.6. The average molecular weight is 418 g/mol. The number of carbonyl (C=O) groups is 2. The van der Waals surface area contributed by atoms with Gasteiger partial charge in [0.15, 0.2) is 0 Å². The van der Waals surface area contributed by atoms with Crippen molar-refractivity contribution in [3.8, 4) is 0 Å². The molecule has 31 heavy (non-hydrogen) atoms. The van der Waals surface area contributed by atoms with Gasteiger partial charge in [0.1, 0.15) is 6.54 Å². The van der Waals surface area contributed by atoms with Gasteiger partial charge in [-0.05, 0) is 22.9 Å². The maximum atomic E-state index is 12.5. The van der Waals surface area contributed by atoms with Gasteiger partial charge in [0.05, 0.1) is 26.2 Å². The van der Waals surface area contributed by atoms with Crippen molar-refractivity contribution in [2.24, 2.45) is 0 Å². The van der Waals surface area contributed by atoms with E-state index in [-0.39, 0.29) is 11.9 Å². The fourth-order valence-corrected chi connectivity index (χ4v) is 4.10. The molecule has 0 aliphatic carbocycles. The van der Waals surface area contributed by atoms with Crippen LogP contribution in [-0.2, 0) is 11.3 Å². The number of benzene rings is 3. The SMILES string of the molecule is O=C(NCCC(=O)N1CC[NH+](Cc2cccc3ccccc23)CC1)Nc1ccccc1. The lowest BCUT2D eigenvalue weighted by atomic mass is 10.0. The quantitative estimate of drug-likeness (QED) is 0.576. The van der Waals surface area contributed by atoms with Gasteiger partial charge in [-0.25, -0.2) is 4.79 Å². The normalized spacial score (nSPS) is 14.4. The molecule has 4 rings (SSSR count). The van der Waals surface area contributed by atoms with E-state index >= 15 is 0 Å². The highest BCUT2D eigenvalue weighted by molar-refractivity contribution is 5.89. The van der Waals surface area contributed by atoms with Crippen molar-refractivity contribution in [1.82, 2.24) is 10.2 Å². The molecule has 0 radical (unpaired) electrons. The number of nitrogens with zero attached hydrogens (tertiary/aromatic N) is 1. The Balaban J connectivity index is 1.19. The van der Waals surface area contributed by atoms with Crippen LogP contribution in [0.5, 0.6) is 0 Å². The van der Waals surface area contributed by atoms with Gasteiger partial charge in [0, 0.05) is 24.2 Å². The maximum Gasteiger partial charge on any atom is 0.319 e. The number of amides is 3. The number of hydrogen-bond acceptors (Lipinski definition) is 2. The molecule has 0 bridgehead atoms. The largest absolute Gasteiger partial charge is 0.337 e.